The van der Waals surface area contributed by atoms with E-state index in [-0.39, 0.29) is 23.6 Å². The molecular formula is C35H36FN5O5. The Morgan fingerprint density at radius 1 is 1.13 bits per heavy atom. The third-order valence-corrected chi connectivity index (χ3v) is 7.98. The molecule has 2 aromatic carbocycles. The molecule has 0 spiro atoms. The van der Waals surface area contributed by atoms with E-state index in [9.17, 15) is 14.7 Å². The van der Waals surface area contributed by atoms with Gasteiger partial charge in [0.2, 0.25) is 0 Å². The lowest BCUT2D eigenvalue weighted by atomic mass is 9.91. The van der Waals surface area contributed by atoms with Gasteiger partial charge >= 0.3 is 5.97 Å². The minimum Gasteiger partial charge on any atom is -0.490 e. The molecule has 1 aliphatic rings. The molecular weight excluding hydrogens is 589 g/mol. The number of fused-ring (bicyclic) bond motifs is 2. The van der Waals surface area contributed by atoms with Crippen LogP contribution in [0.15, 0.2) is 60.9 Å². The van der Waals surface area contributed by atoms with Crippen molar-refractivity contribution in [2.24, 2.45) is 0 Å². The van der Waals surface area contributed by atoms with Crippen LogP contribution in [0.3, 0.4) is 0 Å². The van der Waals surface area contributed by atoms with Crippen LogP contribution in [0.2, 0.25) is 0 Å². The molecule has 11 heteroatoms. The van der Waals surface area contributed by atoms with Crippen LogP contribution in [-0.2, 0) is 22.5 Å². The van der Waals surface area contributed by atoms with Crippen LogP contribution in [0.4, 0.5) is 4.39 Å². The molecule has 10 nitrogen and oxygen atoms in total. The van der Waals surface area contributed by atoms with E-state index >= 15 is 4.39 Å². The third-order valence-electron chi connectivity index (χ3n) is 7.98. The molecule has 2 N–H and O–H groups in total. The van der Waals surface area contributed by atoms with Crippen LogP contribution in [0, 0.1) is 19.7 Å². The minimum atomic E-state index is -1.45. The highest BCUT2D eigenvalue weighted by Crippen LogP contribution is 2.41. The third kappa shape index (κ3) is 5.97. The molecule has 4 heterocycles. The Hall–Kier alpha value is -5.03. The number of carboxylic acids is 1. The summed E-state index contributed by atoms with van der Waals surface area (Å²) in [6.45, 7) is 9.48. The van der Waals surface area contributed by atoms with Crippen molar-refractivity contribution < 1.29 is 28.6 Å². The summed E-state index contributed by atoms with van der Waals surface area (Å²) in [4.78, 5) is 30.8. The Morgan fingerprint density at radius 2 is 1.89 bits per heavy atom. The lowest BCUT2D eigenvalue weighted by Gasteiger charge is -2.28. The molecule has 1 aliphatic heterocycles. The molecule has 0 bridgehead atoms. The monoisotopic (exact) mass is 625 g/mol. The summed E-state index contributed by atoms with van der Waals surface area (Å²) in [6.07, 6.45) is 3.77. The number of hydrogen-bond acceptors (Lipinski definition) is 6. The van der Waals surface area contributed by atoms with Crippen LogP contribution in [0.25, 0.3) is 22.6 Å². The zero-order chi connectivity index (χ0) is 32.7. The molecule has 0 aliphatic carbocycles. The molecule has 46 heavy (non-hydrogen) atoms. The van der Waals surface area contributed by atoms with E-state index < -0.39 is 29.4 Å². The smallest absolute Gasteiger partial charge is 0.337 e. The number of nitrogens with one attached hydrogen (secondary N) is 1. The number of halogens is 1. The van der Waals surface area contributed by atoms with Crippen molar-refractivity contribution in [3.8, 4) is 22.7 Å². The van der Waals surface area contributed by atoms with E-state index in [1.54, 1.807) is 33.8 Å². The zero-order valence-electron chi connectivity index (χ0n) is 26.4. The van der Waals surface area contributed by atoms with E-state index in [0.717, 1.165) is 23.2 Å². The molecule has 0 radical (unpaired) electrons. The molecule has 5 aromatic rings. The Bertz CT molecular complexity index is 1960. The predicted molar refractivity (Wildman–Crippen MR) is 170 cm³/mol. The number of amides is 1. The van der Waals surface area contributed by atoms with Crippen molar-refractivity contribution in [3.05, 3.63) is 100 Å². The maximum atomic E-state index is 15.6. The first kappa shape index (κ1) is 31.0. The number of carbonyl (C=O) groups excluding carboxylic acids is 1. The van der Waals surface area contributed by atoms with Crippen molar-refractivity contribution in [3.63, 3.8) is 0 Å². The number of nitrogens with zero attached hydrogens (tertiary/aromatic N) is 4. The first-order chi connectivity index (χ1) is 21.9. The maximum absolute atomic E-state index is 15.6. The van der Waals surface area contributed by atoms with Crippen molar-refractivity contribution in [1.29, 1.82) is 0 Å². The number of hydrogen-bond donors (Lipinski definition) is 2. The highest BCUT2D eigenvalue weighted by atomic mass is 19.1. The van der Waals surface area contributed by atoms with Crippen LogP contribution in [-0.4, -0.2) is 48.4 Å². The summed E-state index contributed by atoms with van der Waals surface area (Å²) in [5, 5.41) is 17.9. The van der Waals surface area contributed by atoms with Gasteiger partial charge in [-0.3, -0.25) is 4.79 Å². The Kier molecular flexibility index (Phi) is 8.11. The number of aliphatic carboxylic acids is 1. The van der Waals surface area contributed by atoms with Crippen molar-refractivity contribution >= 4 is 17.5 Å². The number of aryl methyl sites for hydroxylation is 1. The summed E-state index contributed by atoms with van der Waals surface area (Å²) >= 11 is 0. The van der Waals surface area contributed by atoms with Crippen LogP contribution in [0.1, 0.15) is 71.7 Å². The quantitative estimate of drug-likeness (QED) is 0.213. The van der Waals surface area contributed by atoms with Gasteiger partial charge in [-0.2, -0.15) is 5.10 Å². The van der Waals surface area contributed by atoms with Gasteiger partial charge in [0, 0.05) is 53.1 Å². The number of carbonyl (C=O) groups is 2. The number of ether oxygens (including phenoxy) is 2. The van der Waals surface area contributed by atoms with E-state index in [4.69, 9.17) is 9.47 Å². The first-order valence-electron chi connectivity index (χ1n) is 15.2. The average Bonchev–Trinajstić information content (AvgIpc) is 3.71. The topological polar surface area (TPSA) is 120 Å². The van der Waals surface area contributed by atoms with Gasteiger partial charge in [-0.15, -0.1) is 0 Å². The normalized spacial score (nSPS) is 13.7. The van der Waals surface area contributed by atoms with E-state index in [2.05, 4.69) is 15.4 Å². The summed E-state index contributed by atoms with van der Waals surface area (Å²) in [5.41, 5.74) is 4.16. The molecule has 0 fully saturated rings. The van der Waals surface area contributed by atoms with Gasteiger partial charge < -0.3 is 24.5 Å². The van der Waals surface area contributed by atoms with Crippen molar-refractivity contribution in [1.82, 2.24) is 24.5 Å². The Labute approximate surface area is 265 Å². The molecule has 0 saturated heterocycles. The lowest BCUT2D eigenvalue weighted by Crippen LogP contribution is -2.29. The number of aromatic nitrogens is 4. The van der Waals surface area contributed by atoms with Crippen LogP contribution in [0.5, 0.6) is 5.75 Å². The second-order valence-corrected chi connectivity index (χ2v) is 12.4. The fraction of sp³-hybridized carbons (Fsp3) is 0.314. The van der Waals surface area contributed by atoms with Crippen molar-refractivity contribution in [2.75, 3.05) is 6.61 Å². The van der Waals surface area contributed by atoms with Gasteiger partial charge in [-0.05, 0) is 88.9 Å². The Balaban J connectivity index is 1.46. The highest BCUT2D eigenvalue weighted by molar-refractivity contribution is 5.93. The van der Waals surface area contributed by atoms with Gasteiger partial charge in [0.15, 0.2) is 29.0 Å². The fourth-order valence-corrected chi connectivity index (χ4v) is 5.91. The van der Waals surface area contributed by atoms with Crippen LogP contribution >= 0.6 is 0 Å². The van der Waals surface area contributed by atoms with E-state index in [0.29, 0.717) is 41.2 Å². The second kappa shape index (κ2) is 12.1. The van der Waals surface area contributed by atoms with Gasteiger partial charge in [-0.1, -0.05) is 12.1 Å². The number of benzene rings is 2. The predicted octanol–water partition coefficient (Wildman–Crippen LogP) is 6.14. The summed E-state index contributed by atoms with van der Waals surface area (Å²) in [5.74, 6) is -2.02. The molecule has 1 amide bonds. The molecule has 0 saturated carbocycles. The molecule has 3 aromatic heterocycles. The number of rotatable bonds is 8. The van der Waals surface area contributed by atoms with Crippen molar-refractivity contribution in [2.45, 2.75) is 65.7 Å². The molecule has 1 atom stereocenters. The molecule has 6 rings (SSSR count). The second-order valence-electron chi connectivity index (χ2n) is 12.4. The van der Waals surface area contributed by atoms with Gasteiger partial charge in [-0.25, -0.2) is 18.7 Å². The van der Waals surface area contributed by atoms with Gasteiger partial charge in [0.25, 0.3) is 5.91 Å². The van der Waals surface area contributed by atoms with Crippen LogP contribution < -0.4 is 10.1 Å². The number of carboxylic acid groups (broad SMARTS) is 1. The zero-order valence-corrected chi connectivity index (χ0v) is 26.4. The minimum absolute atomic E-state index is 0.0786. The van der Waals surface area contributed by atoms with Gasteiger partial charge in [0.1, 0.15) is 0 Å². The first-order valence-corrected chi connectivity index (χ1v) is 15.2. The van der Waals surface area contributed by atoms with Gasteiger partial charge in [0.05, 0.1) is 17.9 Å². The summed E-state index contributed by atoms with van der Waals surface area (Å²) in [6, 6.07) is 14.6. The summed E-state index contributed by atoms with van der Waals surface area (Å²) in [7, 11) is 0. The molecule has 238 valence electrons. The highest BCUT2D eigenvalue weighted by Gasteiger charge is 2.35. The average molecular weight is 626 g/mol. The Morgan fingerprint density at radius 3 is 2.61 bits per heavy atom. The SMILES string of the molecule is Cc1nc2cc(C(=O)NCc3cccc(-n4cccc4)c3)nn2c(-c2cc(F)c3c(c2C)CCCO3)c1C(OC(C)(C)C)C(=O)O. The summed E-state index contributed by atoms with van der Waals surface area (Å²) < 4.78 is 30.7. The largest absolute Gasteiger partial charge is 0.490 e. The lowest BCUT2D eigenvalue weighted by molar-refractivity contribution is -0.160. The van der Waals surface area contributed by atoms with E-state index in [1.807, 2.05) is 60.3 Å². The fourth-order valence-electron chi connectivity index (χ4n) is 5.91. The molecule has 1 unspecified atom stereocenters. The standard InChI is InChI=1S/C35H36FN5O5/c1-20-24-12-9-15-45-31(24)26(36)17-25(20)30-29(32(34(43)44)46-35(3,4)5)21(2)38-28-18-27(39-41(28)30)33(42)37-19-22-10-8-11-23(16-22)40-13-6-7-14-40/h6-8,10-11,13-14,16-18,32H,9,12,15,19H2,1-5H3,(H,37,42)(H,43,44). The maximum Gasteiger partial charge on any atom is 0.337 e. The van der Waals surface area contributed by atoms with E-state index in [1.165, 1.54) is 10.6 Å².